The van der Waals surface area contributed by atoms with Crippen molar-refractivity contribution in [1.82, 2.24) is 4.90 Å². The van der Waals surface area contributed by atoms with Crippen molar-refractivity contribution in [3.63, 3.8) is 0 Å². The molecule has 1 rings (SSSR count). The van der Waals surface area contributed by atoms with E-state index in [1.807, 2.05) is 0 Å². The molecule has 0 radical (unpaired) electrons. The summed E-state index contributed by atoms with van der Waals surface area (Å²) in [5.41, 5.74) is 0. The van der Waals surface area contributed by atoms with Crippen molar-refractivity contribution in [2.24, 2.45) is 0 Å². The summed E-state index contributed by atoms with van der Waals surface area (Å²) >= 11 is 0. The highest BCUT2D eigenvalue weighted by Gasteiger charge is 2.25. The zero-order valence-electron chi connectivity index (χ0n) is 8.07. The Labute approximate surface area is 83.9 Å². The maximum atomic E-state index is 9.40. The van der Waals surface area contributed by atoms with Crippen LogP contribution in [0.1, 0.15) is 13.8 Å². The van der Waals surface area contributed by atoms with Gasteiger partial charge in [0.1, 0.15) is 0 Å². The molecule has 1 aliphatic rings. The first-order valence-corrected chi connectivity index (χ1v) is 6.73. The molecule has 0 atom stereocenters. The first kappa shape index (κ1) is 13.2. The van der Waals surface area contributed by atoms with Crippen LogP contribution >= 0.6 is 10.7 Å². The van der Waals surface area contributed by atoms with Crippen LogP contribution < -0.4 is 0 Å². The van der Waals surface area contributed by atoms with Crippen molar-refractivity contribution in [1.29, 1.82) is 0 Å². The molecule has 13 heavy (non-hydrogen) atoms. The van der Waals surface area contributed by atoms with Crippen LogP contribution in [-0.4, -0.2) is 49.9 Å². The largest absolute Gasteiger partial charge is 0.390 e. The van der Waals surface area contributed by atoms with Crippen LogP contribution in [0.25, 0.3) is 0 Å². The van der Waals surface area contributed by atoms with Crippen LogP contribution in [0, 0.1) is 0 Å². The molecule has 0 spiro atoms. The van der Waals surface area contributed by atoms with E-state index in [0.29, 0.717) is 6.04 Å². The third-order valence-corrected chi connectivity index (χ3v) is 1.62. The predicted octanol–water partition coefficient (Wildman–Crippen LogP) is 0.256. The second-order valence-electron chi connectivity index (χ2n) is 3.38. The monoisotopic (exact) mass is 229 g/mol. The molecule has 0 aromatic rings. The van der Waals surface area contributed by atoms with E-state index in [1.54, 1.807) is 0 Å². The molecule has 1 N–H and O–H groups in total. The van der Waals surface area contributed by atoms with Gasteiger partial charge in [0.05, 0.1) is 12.4 Å². The Bertz CT molecular complexity index is 226. The quantitative estimate of drug-likeness (QED) is 0.656. The van der Waals surface area contributed by atoms with Gasteiger partial charge in [-0.1, -0.05) is 0 Å². The molecule has 4 nitrogen and oxygen atoms in total. The van der Waals surface area contributed by atoms with Gasteiger partial charge in [-0.2, -0.15) is 0 Å². The van der Waals surface area contributed by atoms with Gasteiger partial charge in [-0.05, 0) is 13.8 Å². The highest BCUT2D eigenvalue weighted by Crippen LogP contribution is 2.10. The van der Waals surface area contributed by atoms with E-state index in [-0.39, 0.29) is 6.10 Å². The van der Waals surface area contributed by atoms with Gasteiger partial charge in [0.25, 0.3) is 0 Å². The molecular formula is C7H16ClNO3S. The van der Waals surface area contributed by atoms with Crippen molar-refractivity contribution < 1.29 is 13.5 Å². The average molecular weight is 230 g/mol. The van der Waals surface area contributed by atoms with Crippen LogP contribution in [-0.2, 0) is 9.05 Å². The first-order chi connectivity index (χ1) is 5.70. The number of likely N-dealkylation sites (tertiary alicyclic amines) is 1. The fourth-order valence-corrected chi connectivity index (χ4v) is 0.910. The summed E-state index contributed by atoms with van der Waals surface area (Å²) in [6.07, 6.45) is 0.881. The van der Waals surface area contributed by atoms with Gasteiger partial charge in [-0.3, -0.25) is 4.90 Å². The minimum atomic E-state index is -3.19. The highest BCUT2D eigenvalue weighted by atomic mass is 35.7. The normalized spacial score (nSPS) is 19.2. The van der Waals surface area contributed by atoms with Crippen LogP contribution in [0.3, 0.4) is 0 Å². The molecule has 80 valence electrons. The highest BCUT2D eigenvalue weighted by molar-refractivity contribution is 8.13. The molecule has 0 saturated carbocycles. The Morgan fingerprint density at radius 1 is 1.46 bits per heavy atom. The van der Waals surface area contributed by atoms with Gasteiger partial charge in [-0.25, -0.2) is 8.42 Å². The van der Waals surface area contributed by atoms with E-state index >= 15 is 0 Å². The van der Waals surface area contributed by atoms with Crippen LogP contribution in [0.2, 0.25) is 0 Å². The third-order valence-electron chi connectivity index (χ3n) is 1.62. The lowest BCUT2D eigenvalue weighted by Gasteiger charge is -2.38. The summed E-state index contributed by atoms with van der Waals surface area (Å²) in [5, 5.41) is 8.83. The van der Waals surface area contributed by atoms with E-state index in [2.05, 4.69) is 29.4 Å². The second kappa shape index (κ2) is 5.14. The molecular weight excluding hydrogens is 214 g/mol. The zero-order chi connectivity index (χ0) is 10.6. The minimum Gasteiger partial charge on any atom is -0.390 e. The number of β-amino-alcohol motifs (C(OH)–C–C–N with tert-alkyl or cyclic N) is 1. The summed E-state index contributed by atoms with van der Waals surface area (Å²) in [6, 6.07) is 0.610. The SMILES string of the molecule is CC(C)N1CC(O)C1.CS(=O)(=O)Cl. The number of rotatable bonds is 1. The van der Waals surface area contributed by atoms with E-state index in [1.165, 1.54) is 0 Å². The number of hydrogen-bond acceptors (Lipinski definition) is 4. The molecule has 1 aliphatic heterocycles. The van der Waals surface area contributed by atoms with Gasteiger partial charge in [0, 0.05) is 29.8 Å². The second-order valence-corrected chi connectivity index (χ2v) is 6.43. The lowest BCUT2D eigenvalue weighted by atomic mass is 10.1. The average Bonchev–Trinajstić information content (AvgIpc) is 1.76. The van der Waals surface area contributed by atoms with Gasteiger partial charge in [0.2, 0.25) is 9.05 Å². The maximum Gasteiger partial charge on any atom is 0.229 e. The molecule has 0 bridgehead atoms. The molecule has 6 heteroatoms. The van der Waals surface area contributed by atoms with E-state index < -0.39 is 9.05 Å². The Kier molecular flexibility index (Phi) is 5.21. The summed E-state index contributed by atoms with van der Waals surface area (Å²) < 4.78 is 18.8. The van der Waals surface area contributed by atoms with Crippen LogP contribution in [0.4, 0.5) is 0 Å². The Hall–Kier alpha value is 0.160. The number of halogens is 1. The third kappa shape index (κ3) is 8.49. The lowest BCUT2D eigenvalue weighted by molar-refractivity contribution is -0.0161. The van der Waals surface area contributed by atoms with Gasteiger partial charge < -0.3 is 5.11 Å². The van der Waals surface area contributed by atoms with Crippen molar-refractivity contribution in [3.05, 3.63) is 0 Å². The number of nitrogens with zero attached hydrogens (tertiary/aromatic N) is 1. The van der Waals surface area contributed by atoms with Crippen LogP contribution in [0.15, 0.2) is 0 Å². The van der Waals surface area contributed by atoms with Gasteiger partial charge in [0.15, 0.2) is 0 Å². The fourth-order valence-electron chi connectivity index (χ4n) is 0.910. The molecule has 0 amide bonds. The molecule has 1 fully saturated rings. The van der Waals surface area contributed by atoms with E-state index in [9.17, 15) is 8.42 Å². The Morgan fingerprint density at radius 2 is 1.77 bits per heavy atom. The Balaban J connectivity index is 0.000000252. The predicted molar refractivity (Wildman–Crippen MR) is 53.4 cm³/mol. The van der Waals surface area contributed by atoms with E-state index in [4.69, 9.17) is 5.11 Å². The summed E-state index contributed by atoms with van der Waals surface area (Å²) in [7, 11) is 1.31. The molecule has 0 aliphatic carbocycles. The summed E-state index contributed by atoms with van der Waals surface area (Å²) in [5.74, 6) is 0. The first-order valence-electron chi connectivity index (χ1n) is 4.02. The van der Waals surface area contributed by atoms with E-state index in [0.717, 1.165) is 19.3 Å². The van der Waals surface area contributed by atoms with Gasteiger partial charge in [-0.15, -0.1) is 0 Å². The van der Waals surface area contributed by atoms with Crippen molar-refractivity contribution in [2.75, 3.05) is 19.3 Å². The fraction of sp³-hybridized carbons (Fsp3) is 1.00. The van der Waals surface area contributed by atoms with Crippen LogP contribution in [0.5, 0.6) is 0 Å². The number of hydrogen-bond donors (Lipinski definition) is 1. The maximum absolute atomic E-state index is 9.40. The van der Waals surface area contributed by atoms with Crippen molar-refractivity contribution in [3.8, 4) is 0 Å². The minimum absolute atomic E-state index is 0.0441. The van der Waals surface area contributed by atoms with Crippen molar-refractivity contribution >= 4 is 19.7 Å². The molecule has 0 unspecified atom stereocenters. The number of aliphatic hydroxyl groups excluding tert-OH is 1. The smallest absolute Gasteiger partial charge is 0.229 e. The molecule has 0 aromatic heterocycles. The van der Waals surface area contributed by atoms with Crippen molar-refractivity contribution in [2.45, 2.75) is 26.0 Å². The lowest BCUT2D eigenvalue weighted by Crippen LogP contribution is -2.53. The number of aliphatic hydroxyl groups is 1. The summed E-state index contributed by atoms with van der Waals surface area (Å²) in [4.78, 5) is 2.24. The summed E-state index contributed by atoms with van der Waals surface area (Å²) in [6.45, 7) is 6.03. The van der Waals surface area contributed by atoms with Gasteiger partial charge >= 0.3 is 0 Å². The Morgan fingerprint density at radius 3 is 1.85 bits per heavy atom. The molecule has 1 saturated heterocycles. The topological polar surface area (TPSA) is 57.6 Å². The molecule has 1 heterocycles. The molecule has 0 aromatic carbocycles. The standard InChI is InChI=1S/C6H13NO.CH3ClO2S/c1-5(2)7-3-6(8)4-7;1-5(2,3)4/h5-6,8H,3-4H2,1-2H3;1H3. The zero-order valence-corrected chi connectivity index (χ0v) is 9.64.